The van der Waals surface area contributed by atoms with Gasteiger partial charge in [0.15, 0.2) is 0 Å². The predicted octanol–water partition coefficient (Wildman–Crippen LogP) is 8.11. The van der Waals surface area contributed by atoms with E-state index in [1.807, 2.05) is 54.6 Å². The summed E-state index contributed by atoms with van der Waals surface area (Å²) >= 11 is 0. The number of hydrogen-bond acceptors (Lipinski definition) is 7. The van der Waals surface area contributed by atoms with E-state index in [-0.39, 0.29) is 36.1 Å². The van der Waals surface area contributed by atoms with Crippen LogP contribution in [-0.2, 0) is 23.9 Å². The van der Waals surface area contributed by atoms with E-state index in [2.05, 4.69) is 58.8 Å². The second kappa shape index (κ2) is 15.8. The van der Waals surface area contributed by atoms with Crippen molar-refractivity contribution < 1.29 is 23.9 Å². The van der Waals surface area contributed by atoms with Crippen LogP contribution < -0.4 is 5.32 Å². The van der Waals surface area contributed by atoms with Gasteiger partial charge in [-0.1, -0.05) is 66.7 Å². The van der Waals surface area contributed by atoms with Gasteiger partial charge in [-0.2, -0.15) is 0 Å². The molecule has 2 aliphatic carbocycles. The van der Waals surface area contributed by atoms with Crippen molar-refractivity contribution in [3.8, 4) is 22.4 Å². The van der Waals surface area contributed by atoms with Crippen molar-refractivity contribution in [2.75, 3.05) is 26.1 Å². The van der Waals surface area contributed by atoms with Gasteiger partial charge in [-0.05, 0) is 90.8 Å². The minimum atomic E-state index is -0.630. The third kappa shape index (κ3) is 7.40. The quantitative estimate of drug-likeness (QED) is 0.142. The van der Waals surface area contributed by atoms with E-state index in [9.17, 15) is 14.4 Å². The van der Waals surface area contributed by atoms with Crippen LogP contribution in [0, 0.1) is 29.6 Å². The van der Waals surface area contributed by atoms with Crippen molar-refractivity contribution >= 4 is 34.8 Å². The number of aromatic amines is 1. The fraction of sp³-hybridized carbons (Fsp3) is 0.400. The lowest BCUT2D eigenvalue weighted by atomic mass is 9.75. The van der Waals surface area contributed by atoms with Crippen LogP contribution in [0.4, 0.5) is 5.69 Å². The lowest BCUT2D eigenvalue weighted by Gasteiger charge is -2.30. The zero-order valence-electron chi connectivity index (χ0n) is 31.7. The Balaban J connectivity index is 0.900. The molecule has 2 saturated carbocycles. The number of imidazole rings is 1. The van der Waals surface area contributed by atoms with Gasteiger partial charge < -0.3 is 24.7 Å². The van der Waals surface area contributed by atoms with Crippen LogP contribution >= 0.6 is 0 Å². The number of allylic oxidation sites excluding steroid dienone is 1. The number of nitrogens with one attached hydrogen (secondary N) is 2. The van der Waals surface area contributed by atoms with Crippen LogP contribution in [0.25, 0.3) is 28.0 Å². The minimum absolute atomic E-state index is 0.0205. The first-order valence-corrected chi connectivity index (χ1v) is 19.6. The van der Waals surface area contributed by atoms with Crippen LogP contribution in [0.2, 0.25) is 0 Å². The van der Waals surface area contributed by atoms with Crippen molar-refractivity contribution in [2.24, 2.45) is 34.6 Å². The molecule has 2 bridgehead atoms. The zero-order valence-corrected chi connectivity index (χ0v) is 31.7. The Hall–Kier alpha value is -5.35. The van der Waals surface area contributed by atoms with Gasteiger partial charge in [0.25, 0.3) is 0 Å². The normalized spacial score (nSPS) is 24.0. The molecule has 2 aliphatic heterocycles. The van der Waals surface area contributed by atoms with Gasteiger partial charge in [0, 0.05) is 49.5 Å². The molecule has 2 amide bonds. The molecule has 7 atom stereocenters. The highest BCUT2D eigenvalue weighted by Crippen LogP contribution is 2.54. The summed E-state index contributed by atoms with van der Waals surface area (Å²) in [5.74, 6) is 0.841. The lowest BCUT2D eigenvalue weighted by molar-refractivity contribution is -0.151. The number of aliphatic imine (C=N–C) groups is 1. The summed E-state index contributed by atoms with van der Waals surface area (Å²) in [6, 6.07) is 26.7. The number of rotatable bonds is 12. The number of aromatic nitrogens is 2. The molecule has 10 heteroatoms. The third-order valence-electron chi connectivity index (χ3n) is 12.5. The number of H-pyrrole nitrogens is 1. The highest BCUT2D eigenvalue weighted by Gasteiger charge is 2.53. The molecule has 3 fully saturated rings. The van der Waals surface area contributed by atoms with Crippen molar-refractivity contribution in [2.45, 2.75) is 64.0 Å². The van der Waals surface area contributed by atoms with Gasteiger partial charge in [-0.25, -0.2) is 4.98 Å². The van der Waals surface area contributed by atoms with Crippen molar-refractivity contribution in [3.05, 3.63) is 103 Å². The number of fused-ring (bicyclic) bond motifs is 2. The van der Waals surface area contributed by atoms with Gasteiger partial charge in [-0.15, -0.1) is 0 Å². The Morgan fingerprint density at radius 3 is 2.29 bits per heavy atom. The second-order valence-corrected chi connectivity index (χ2v) is 15.5. The number of likely N-dealkylation sites (tertiary alicyclic amines) is 1. The van der Waals surface area contributed by atoms with Crippen LogP contribution in [0.5, 0.6) is 0 Å². The number of esters is 1. The van der Waals surface area contributed by atoms with Gasteiger partial charge >= 0.3 is 5.97 Å². The molecule has 4 aliphatic rings. The molecule has 1 aromatic heterocycles. The van der Waals surface area contributed by atoms with Crippen LogP contribution in [0.3, 0.4) is 0 Å². The monoisotopic (exact) mass is 739 g/mol. The maximum atomic E-state index is 13.7. The Morgan fingerprint density at radius 1 is 0.891 bits per heavy atom. The Morgan fingerprint density at radius 2 is 1.58 bits per heavy atom. The predicted molar refractivity (Wildman–Crippen MR) is 213 cm³/mol. The molecule has 3 heterocycles. The van der Waals surface area contributed by atoms with E-state index in [4.69, 9.17) is 19.5 Å². The third-order valence-corrected chi connectivity index (χ3v) is 12.5. The molecule has 8 rings (SSSR count). The summed E-state index contributed by atoms with van der Waals surface area (Å²) in [5.41, 5.74) is 8.49. The van der Waals surface area contributed by atoms with E-state index in [0.717, 1.165) is 77.3 Å². The highest BCUT2D eigenvalue weighted by atomic mass is 16.5. The van der Waals surface area contributed by atoms with Gasteiger partial charge in [0.05, 0.1) is 43.5 Å². The average Bonchev–Trinajstić information content (AvgIpc) is 4.08. The molecule has 3 unspecified atom stereocenters. The maximum absolute atomic E-state index is 13.7. The lowest BCUT2D eigenvalue weighted by Crippen LogP contribution is -2.41. The van der Waals surface area contributed by atoms with Crippen molar-refractivity contribution in [3.63, 3.8) is 0 Å². The van der Waals surface area contributed by atoms with E-state index in [0.29, 0.717) is 18.4 Å². The summed E-state index contributed by atoms with van der Waals surface area (Å²) in [6.45, 7) is 2.41. The molecule has 3 aromatic carbocycles. The summed E-state index contributed by atoms with van der Waals surface area (Å²) < 4.78 is 10.3. The molecule has 4 aromatic rings. The number of nitrogens with zero attached hydrogens (tertiary/aromatic N) is 3. The SMILES string of the molecule is COC(=O)C[C@H](C(=O)N1CCC[C@H]1c1ncc(-c2ccc(-c3ccc(C4=CN=C(C5C6CCC(C6)[C@H]5C(=O)Nc5ccccc5)C4)cc3)cc2)[nH]1)[C@@H](C)OC. The fourth-order valence-electron chi connectivity index (χ4n) is 9.50. The Kier molecular flexibility index (Phi) is 10.5. The second-order valence-electron chi connectivity index (χ2n) is 15.5. The van der Waals surface area contributed by atoms with E-state index < -0.39 is 18.0 Å². The topological polar surface area (TPSA) is 126 Å². The molecule has 0 spiro atoms. The highest BCUT2D eigenvalue weighted by molar-refractivity contribution is 6.04. The molecular formula is C45H49N5O5. The smallest absolute Gasteiger partial charge is 0.306 e. The standard InChI is InChI=1S/C45H49N5O5/c1-27(54-2)36(24-40(51)55-3)45(53)50-21-7-10-39(50)43-47-26-38(49-43)31-17-15-29(16-18-31)28-11-13-30(14-12-28)34-23-37(46-25-34)41-32-19-20-33(22-32)42(41)44(52)48-35-8-5-4-6-9-35/h4-6,8-9,11-18,25-27,32-33,36,39,41-42H,7,10,19-24H2,1-3H3,(H,47,49)(H,48,52)/t27-,32?,33?,36+,39+,41?,42-/m1/s1. The Bertz CT molecular complexity index is 2090. The molecule has 10 nitrogen and oxygen atoms in total. The van der Waals surface area contributed by atoms with Crippen LogP contribution in [0.1, 0.15) is 69.3 Å². The first-order valence-electron chi connectivity index (χ1n) is 19.6. The summed E-state index contributed by atoms with van der Waals surface area (Å²) in [4.78, 5) is 54.3. The molecular weight excluding hydrogens is 691 g/mol. The van der Waals surface area contributed by atoms with E-state index >= 15 is 0 Å². The molecule has 0 radical (unpaired) electrons. The van der Waals surface area contributed by atoms with Gasteiger partial charge in [-0.3, -0.25) is 19.4 Å². The summed E-state index contributed by atoms with van der Waals surface area (Å²) in [6.07, 6.45) is 9.24. The maximum Gasteiger partial charge on any atom is 0.306 e. The molecule has 55 heavy (non-hydrogen) atoms. The molecule has 284 valence electrons. The van der Waals surface area contributed by atoms with E-state index in [1.54, 1.807) is 7.11 Å². The van der Waals surface area contributed by atoms with Crippen molar-refractivity contribution in [1.29, 1.82) is 0 Å². The van der Waals surface area contributed by atoms with Crippen molar-refractivity contribution in [1.82, 2.24) is 14.9 Å². The first-order chi connectivity index (χ1) is 26.8. The number of carbonyl (C=O) groups excluding carboxylic acids is 3. The Labute approximate surface area is 322 Å². The van der Waals surface area contributed by atoms with Gasteiger partial charge in [0.2, 0.25) is 11.8 Å². The number of benzene rings is 3. The largest absolute Gasteiger partial charge is 0.469 e. The number of methoxy groups -OCH3 is 2. The average molecular weight is 740 g/mol. The van der Waals surface area contributed by atoms with Crippen LogP contribution in [-0.4, -0.2) is 65.2 Å². The van der Waals surface area contributed by atoms with Crippen LogP contribution in [0.15, 0.2) is 96.3 Å². The number of carbonyl (C=O) groups is 3. The number of hydrogen-bond donors (Lipinski definition) is 2. The zero-order chi connectivity index (χ0) is 38.1. The summed E-state index contributed by atoms with van der Waals surface area (Å²) in [7, 11) is 2.88. The molecule has 1 saturated heterocycles. The summed E-state index contributed by atoms with van der Waals surface area (Å²) in [5, 5.41) is 3.19. The first kappa shape index (κ1) is 36.6. The molecule has 2 N–H and O–H groups in total. The fourth-order valence-corrected chi connectivity index (χ4v) is 9.50. The number of ether oxygens (including phenoxy) is 2. The number of para-hydroxylation sites is 1. The number of anilines is 1. The minimum Gasteiger partial charge on any atom is -0.469 e. The van der Waals surface area contributed by atoms with E-state index in [1.165, 1.54) is 19.1 Å². The number of amides is 2. The van der Waals surface area contributed by atoms with Gasteiger partial charge in [0.1, 0.15) is 5.82 Å².